The van der Waals surface area contributed by atoms with Gasteiger partial charge in [0.25, 0.3) is 0 Å². The molecule has 10 heteroatoms. The standard InChI is InChI=1S/C31H45BrN4O4S/c1-21-27(41-20-34-21)23-14-12-22(13-15-23)18-33-29(39)25-17-24(37)19-36(25)30(40)28(31(2,3)4)35-26(38)11-9-7-5-6-8-10-16-32/h12-15,20,24-25,28,37H,5-11,16-19H2,1-4H3,(H,33,39)(H,35,38). The Labute approximate surface area is 256 Å². The lowest BCUT2D eigenvalue weighted by molar-refractivity contribution is -0.144. The third kappa shape index (κ3) is 9.89. The van der Waals surface area contributed by atoms with E-state index in [0.29, 0.717) is 13.0 Å². The van der Waals surface area contributed by atoms with Gasteiger partial charge < -0.3 is 20.6 Å². The maximum absolute atomic E-state index is 13.7. The Hall–Kier alpha value is -2.30. The van der Waals surface area contributed by atoms with E-state index in [1.807, 2.05) is 57.5 Å². The topological polar surface area (TPSA) is 112 Å². The van der Waals surface area contributed by atoms with E-state index in [2.05, 4.69) is 31.5 Å². The number of aliphatic hydroxyl groups is 1. The van der Waals surface area contributed by atoms with Gasteiger partial charge in [-0.2, -0.15) is 0 Å². The summed E-state index contributed by atoms with van der Waals surface area (Å²) in [6.07, 6.45) is 6.12. The van der Waals surface area contributed by atoms with Crippen molar-refractivity contribution in [3.63, 3.8) is 0 Å². The number of nitrogens with one attached hydrogen (secondary N) is 2. The number of hydrogen-bond acceptors (Lipinski definition) is 6. The van der Waals surface area contributed by atoms with Crippen LogP contribution in [0.3, 0.4) is 0 Å². The fraction of sp³-hybridized carbons (Fsp3) is 0.613. The van der Waals surface area contributed by atoms with Crippen molar-refractivity contribution in [1.82, 2.24) is 20.5 Å². The van der Waals surface area contributed by atoms with Gasteiger partial charge in [-0.3, -0.25) is 14.4 Å². The van der Waals surface area contributed by atoms with Crippen LogP contribution >= 0.6 is 27.3 Å². The number of benzene rings is 1. The Morgan fingerprint density at radius 3 is 2.37 bits per heavy atom. The SMILES string of the molecule is Cc1ncsc1-c1ccc(CNC(=O)C2CC(O)CN2C(=O)C(NC(=O)CCCCCCCCBr)C(C)(C)C)cc1. The quantitative estimate of drug-likeness (QED) is 0.189. The molecule has 2 aromatic rings. The molecule has 1 aromatic carbocycles. The molecule has 1 fully saturated rings. The fourth-order valence-corrected chi connectivity index (χ4v) is 6.31. The molecule has 3 rings (SSSR count). The van der Waals surface area contributed by atoms with Gasteiger partial charge in [0.05, 0.1) is 22.2 Å². The third-order valence-electron chi connectivity index (χ3n) is 7.50. The molecule has 3 N–H and O–H groups in total. The molecule has 226 valence electrons. The van der Waals surface area contributed by atoms with Gasteiger partial charge in [-0.1, -0.05) is 86.6 Å². The van der Waals surface area contributed by atoms with Gasteiger partial charge in [0, 0.05) is 31.3 Å². The second-order valence-electron chi connectivity index (χ2n) is 12.0. The highest BCUT2D eigenvalue weighted by Crippen LogP contribution is 2.28. The second kappa shape index (κ2) is 15.8. The van der Waals surface area contributed by atoms with E-state index >= 15 is 0 Å². The number of likely N-dealkylation sites (tertiary alicyclic amines) is 1. The predicted octanol–water partition coefficient (Wildman–Crippen LogP) is 5.35. The van der Waals surface area contributed by atoms with Crippen molar-refractivity contribution in [1.29, 1.82) is 0 Å². The van der Waals surface area contributed by atoms with E-state index in [-0.39, 0.29) is 30.7 Å². The lowest BCUT2D eigenvalue weighted by atomic mass is 9.85. The molecule has 2 heterocycles. The van der Waals surface area contributed by atoms with Crippen LogP contribution in [0.1, 0.15) is 83.4 Å². The maximum Gasteiger partial charge on any atom is 0.246 e. The van der Waals surface area contributed by atoms with Crippen LogP contribution in [0.15, 0.2) is 29.8 Å². The van der Waals surface area contributed by atoms with E-state index in [1.165, 1.54) is 17.7 Å². The average Bonchev–Trinajstić information content (AvgIpc) is 3.54. The summed E-state index contributed by atoms with van der Waals surface area (Å²) in [5.74, 6) is -0.797. The number of rotatable bonds is 14. The number of carbonyl (C=O) groups is 3. The normalized spacial score (nSPS) is 17.9. The molecule has 1 aliphatic rings. The minimum absolute atomic E-state index is 0.0661. The highest BCUT2D eigenvalue weighted by molar-refractivity contribution is 9.09. The summed E-state index contributed by atoms with van der Waals surface area (Å²) >= 11 is 5.04. The van der Waals surface area contributed by atoms with Crippen LogP contribution in [0.2, 0.25) is 0 Å². The zero-order chi connectivity index (χ0) is 30.0. The first-order valence-electron chi connectivity index (χ1n) is 14.6. The van der Waals surface area contributed by atoms with Gasteiger partial charge in [0.1, 0.15) is 12.1 Å². The van der Waals surface area contributed by atoms with Crippen molar-refractivity contribution < 1.29 is 19.5 Å². The molecule has 0 radical (unpaired) electrons. The molecular weight excluding hydrogens is 604 g/mol. The van der Waals surface area contributed by atoms with E-state index < -0.39 is 23.6 Å². The summed E-state index contributed by atoms with van der Waals surface area (Å²) in [5.41, 5.74) is 4.27. The molecule has 41 heavy (non-hydrogen) atoms. The molecular formula is C31H45BrN4O4S. The molecule has 0 aliphatic carbocycles. The molecule has 0 bridgehead atoms. The number of aromatic nitrogens is 1. The van der Waals surface area contributed by atoms with Gasteiger partial charge in [-0.05, 0) is 36.3 Å². The second-order valence-corrected chi connectivity index (χ2v) is 13.7. The molecule has 3 amide bonds. The van der Waals surface area contributed by atoms with Crippen molar-refractivity contribution in [3.05, 3.63) is 41.0 Å². The number of carbonyl (C=O) groups excluding carboxylic acids is 3. The lowest BCUT2D eigenvalue weighted by Crippen LogP contribution is -2.57. The Balaban J connectivity index is 1.57. The fourth-order valence-electron chi connectivity index (χ4n) is 5.10. The minimum Gasteiger partial charge on any atom is -0.391 e. The molecule has 3 atom stereocenters. The summed E-state index contributed by atoms with van der Waals surface area (Å²) in [7, 11) is 0. The average molecular weight is 650 g/mol. The van der Waals surface area contributed by atoms with Crippen LogP contribution in [0.5, 0.6) is 0 Å². The van der Waals surface area contributed by atoms with Gasteiger partial charge in [0.2, 0.25) is 17.7 Å². The summed E-state index contributed by atoms with van der Waals surface area (Å²) in [6, 6.07) is 6.37. The van der Waals surface area contributed by atoms with E-state index in [9.17, 15) is 19.5 Å². The van der Waals surface area contributed by atoms with Crippen LogP contribution in [0.25, 0.3) is 10.4 Å². The number of nitrogens with zero attached hydrogens (tertiary/aromatic N) is 2. The number of aryl methyl sites for hydroxylation is 1. The van der Waals surface area contributed by atoms with Crippen molar-refractivity contribution >= 4 is 45.0 Å². The Kier molecular flexibility index (Phi) is 12.8. The number of amides is 3. The zero-order valence-corrected chi connectivity index (χ0v) is 27.2. The number of thiazole rings is 1. The van der Waals surface area contributed by atoms with E-state index in [4.69, 9.17) is 0 Å². The number of β-amino-alcohol motifs (C(OH)–C–C–N with tert-alkyl or cyclic N) is 1. The molecule has 3 unspecified atom stereocenters. The number of alkyl halides is 1. The van der Waals surface area contributed by atoms with E-state index in [0.717, 1.165) is 52.7 Å². The van der Waals surface area contributed by atoms with Crippen molar-refractivity contribution in [2.75, 3.05) is 11.9 Å². The Morgan fingerprint density at radius 1 is 1.10 bits per heavy atom. The van der Waals surface area contributed by atoms with E-state index in [1.54, 1.807) is 11.3 Å². The zero-order valence-electron chi connectivity index (χ0n) is 24.7. The van der Waals surface area contributed by atoms with Crippen molar-refractivity contribution in [2.45, 2.75) is 104 Å². The first-order chi connectivity index (χ1) is 19.5. The summed E-state index contributed by atoms with van der Waals surface area (Å²) in [5, 5.41) is 17.3. The smallest absolute Gasteiger partial charge is 0.246 e. The van der Waals surface area contributed by atoms with Crippen LogP contribution in [-0.2, 0) is 20.9 Å². The summed E-state index contributed by atoms with van der Waals surface area (Å²) < 4.78 is 0. The largest absolute Gasteiger partial charge is 0.391 e. The monoisotopic (exact) mass is 648 g/mol. The minimum atomic E-state index is -0.794. The first kappa shape index (κ1) is 33.2. The van der Waals surface area contributed by atoms with Crippen LogP contribution < -0.4 is 10.6 Å². The van der Waals surface area contributed by atoms with Gasteiger partial charge in [-0.25, -0.2) is 4.98 Å². The van der Waals surface area contributed by atoms with Gasteiger partial charge >= 0.3 is 0 Å². The Bertz CT molecular complexity index is 1150. The summed E-state index contributed by atoms with van der Waals surface area (Å²) in [6.45, 7) is 8.06. The number of halogens is 1. The maximum atomic E-state index is 13.7. The number of hydrogen-bond donors (Lipinski definition) is 3. The summed E-state index contributed by atoms with van der Waals surface area (Å²) in [4.78, 5) is 46.6. The Morgan fingerprint density at radius 2 is 1.76 bits per heavy atom. The van der Waals surface area contributed by atoms with Crippen LogP contribution in [0.4, 0.5) is 0 Å². The van der Waals surface area contributed by atoms with Crippen LogP contribution in [-0.4, -0.2) is 62.8 Å². The third-order valence-corrected chi connectivity index (χ3v) is 9.04. The molecule has 0 saturated carbocycles. The highest BCUT2D eigenvalue weighted by Gasteiger charge is 2.44. The number of aliphatic hydroxyl groups excluding tert-OH is 1. The molecule has 8 nitrogen and oxygen atoms in total. The lowest BCUT2D eigenvalue weighted by Gasteiger charge is -2.35. The first-order valence-corrected chi connectivity index (χ1v) is 16.6. The predicted molar refractivity (Wildman–Crippen MR) is 168 cm³/mol. The van der Waals surface area contributed by atoms with Gasteiger partial charge in [-0.15, -0.1) is 11.3 Å². The van der Waals surface area contributed by atoms with Gasteiger partial charge in [0.15, 0.2) is 0 Å². The van der Waals surface area contributed by atoms with Crippen LogP contribution in [0, 0.1) is 12.3 Å². The van der Waals surface area contributed by atoms with Crippen molar-refractivity contribution in [2.24, 2.45) is 5.41 Å². The van der Waals surface area contributed by atoms with Crippen molar-refractivity contribution in [3.8, 4) is 10.4 Å². The molecule has 1 saturated heterocycles. The molecule has 0 spiro atoms. The molecule has 1 aliphatic heterocycles. The molecule has 1 aromatic heterocycles. The number of unbranched alkanes of at least 4 members (excludes halogenated alkanes) is 5. The highest BCUT2D eigenvalue weighted by atomic mass is 79.9.